The van der Waals surface area contributed by atoms with Gasteiger partial charge in [0, 0.05) is 4.90 Å². The predicted molar refractivity (Wildman–Crippen MR) is 122 cm³/mol. The molecule has 1 aliphatic heterocycles. The third-order valence-corrected chi connectivity index (χ3v) is 9.65. The van der Waals surface area contributed by atoms with Crippen molar-refractivity contribution < 1.29 is 16.8 Å². The molecular weight excluding hydrogens is 509 g/mol. The van der Waals surface area contributed by atoms with E-state index < -0.39 is 20.0 Å². The van der Waals surface area contributed by atoms with Crippen LogP contribution in [0.1, 0.15) is 0 Å². The summed E-state index contributed by atoms with van der Waals surface area (Å²) in [6.45, 7) is 0. The first-order chi connectivity index (χ1) is 14.1. The maximum Gasteiger partial charge on any atom is 0.271 e. The monoisotopic (exact) mass is 521 g/mol. The molecule has 0 saturated heterocycles. The van der Waals surface area contributed by atoms with Gasteiger partial charge in [-0.1, -0.05) is 29.3 Å². The predicted octanol–water partition coefficient (Wildman–Crippen LogP) is 4.70. The topological polar surface area (TPSA) is 110 Å². The molecule has 3 aromatic rings. The minimum atomic E-state index is -3.84. The van der Waals surface area contributed by atoms with Crippen LogP contribution in [0.3, 0.4) is 0 Å². The summed E-state index contributed by atoms with van der Waals surface area (Å²) < 4.78 is 51.5. The molecule has 0 fully saturated rings. The van der Waals surface area contributed by atoms with Gasteiger partial charge in [0.05, 0.1) is 37.9 Å². The number of benzene rings is 2. The highest BCUT2D eigenvalue weighted by molar-refractivity contribution is 8.00. The Morgan fingerprint density at radius 2 is 1.73 bits per heavy atom. The van der Waals surface area contributed by atoms with Gasteiger partial charge in [-0.15, -0.1) is 23.1 Å². The number of nitrogens with one attached hydrogen (secondary N) is 1. The summed E-state index contributed by atoms with van der Waals surface area (Å²) >= 11 is 14.8. The zero-order valence-electron chi connectivity index (χ0n) is 14.9. The number of sulfonamides is 2. The first-order valence-electron chi connectivity index (χ1n) is 8.19. The van der Waals surface area contributed by atoms with E-state index in [-0.39, 0.29) is 24.8 Å². The molecule has 0 radical (unpaired) electrons. The van der Waals surface area contributed by atoms with Crippen molar-refractivity contribution in [2.24, 2.45) is 5.14 Å². The van der Waals surface area contributed by atoms with Gasteiger partial charge in [-0.05, 0) is 41.8 Å². The quantitative estimate of drug-likeness (QED) is 0.503. The van der Waals surface area contributed by atoms with E-state index in [1.807, 2.05) is 4.90 Å². The van der Waals surface area contributed by atoms with Gasteiger partial charge in [-0.3, -0.25) is 4.72 Å². The minimum Gasteiger partial charge on any atom is -0.329 e. The maximum absolute atomic E-state index is 12.7. The second-order valence-corrected chi connectivity index (χ2v) is 12.4. The number of hydrogen-bond donors (Lipinski definition) is 2. The number of primary sulfonamides is 1. The van der Waals surface area contributed by atoms with Crippen LogP contribution in [0.5, 0.6) is 0 Å². The Kier molecular flexibility index (Phi) is 5.73. The molecule has 0 atom stereocenters. The van der Waals surface area contributed by atoms with Crippen LogP contribution in [0.15, 0.2) is 61.8 Å². The zero-order chi connectivity index (χ0) is 21.7. The van der Waals surface area contributed by atoms with Crippen LogP contribution in [0, 0.1) is 0 Å². The van der Waals surface area contributed by atoms with Gasteiger partial charge in [0.15, 0.2) is 0 Å². The van der Waals surface area contributed by atoms with Crippen molar-refractivity contribution in [1.82, 2.24) is 0 Å². The minimum absolute atomic E-state index is 0.00311. The van der Waals surface area contributed by atoms with Crippen LogP contribution in [0.4, 0.5) is 17.1 Å². The lowest BCUT2D eigenvalue weighted by Gasteiger charge is -2.23. The number of nitrogens with zero attached hydrogens (tertiary/aromatic N) is 1. The van der Waals surface area contributed by atoms with E-state index in [1.54, 1.807) is 23.6 Å². The van der Waals surface area contributed by atoms with Gasteiger partial charge >= 0.3 is 0 Å². The van der Waals surface area contributed by atoms with Crippen molar-refractivity contribution >= 4 is 83.4 Å². The Bertz CT molecular complexity index is 1340. The van der Waals surface area contributed by atoms with Gasteiger partial charge in [-0.2, -0.15) is 0 Å². The lowest BCUT2D eigenvalue weighted by Crippen LogP contribution is -2.18. The second kappa shape index (κ2) is 7.90. The lowest BCUT2D eigenvalue weighted by atomic mass is 10.2. The molecule has 0 aliphatic carbocycles. The molecule has 30 heavy (non-hydrogen) atoms. The fourth-order valence-corrected chi connectivity index (χ4v) is 6.94. The third kappa shape index (κ3) is 4.15. The highest BCUT2D eigenvalue weighted by Gasteiger charge is 2.27. The van der Waals surface area contributed by atoms with Crippen molar-refractivity contribution in [2.45, 2.75) is 14.0 Å². The molecule has 7 nitrogen and oxygen atoms in total. The van der Waals surface area contributed by atoms with E-state index in [2.05, 4.69) is 4.72 Å². The number of thioether (sulfide) groups is 1. The Morgan fingerprint density at radius 3 is 2.40 bits per heavy atom. The van der Waals surface area contributed by atoms with Gasteiger partial charge in [0.1, 0.15) is 4.21 Å². The van der Waals surface area contributed by atoms with E-state index in [0.29, 0.717) is 22.1 Å². The number of nitrogens with two attached hydrogens (primary N) is 1. The summed E-state index contributed by atoms with van der Waals surface area (Å²) in [6, 6.07) is 10.7. The van der Waals surface area contributed by atoms with Gasteiger partial charge < -0.3 is 4.90 Å². The highest BCUT2D eigenvalue weighted by Crippen LogP contribution is 2.47. The van der Waals surface area contributed by atoms with Crippen LogP contribution in [0.2, 0.25) is 10.0 Å². The molecule has 2 aromatic carbocycles. The molecule has 0 unspecified atom stereocenters. The fourth-order valence-electron chi connectivity index (χ4n) is 2.87. The third-order valence-electron chi connectivity index (χ3n) is 4.23. The zero-order valence-corrected chi connectivity index (χ0v) is 19.7. The number of rotatable bonds is 5. The largest absolute Gasteiger partial charge is 0.329 e. The van der Waals surface area contributed by atoms with Crippen LogP contribution in [-0.4, -0.2) is 22.7 Å². The van der Waals surface area contributed by atoms with Crippen molar-refractivity contribution in [2.75, 3.05) is 15.5 Å². The smallest absolute Gasteiger partial charge is 0.271 e. The summed E-state index contributed by atoms with van der Waals surface area (Å²) in [7, 11) is -7.65. The Morgan fingerprint density at radius 1 is 1.00 bits per heavy atom. The molecule has 0 bridgehead atoms. The molecule has 158 valence electrons. The molecule has 13 heteroatoms. The van der Waals surface area contributed by atoms with Crippen LogP contribution < -0.4 is 14.8 Å². The maximum atomic E-state index is 12.7. The standard InChI is InChI=1S/C17H13Cl2N3O4S4/c18-11-7-13(21-30(25,26)17-2-1-5-27-17)15(8-12(11)19)22-9-28-16-6-10(29(20,23)24)3-4-14(16)22/h1-8,21H,9H2,(H2,20,23,24). The second-order valence-electron chi connectivity index (χ2n) is 6.20. The molecule has 2 heterocycles. The van der Waals surface area contributed by atoms with Gasteiger partial charge in [0.2, 0.25) is 10.0 Å². The number of fused-ring (bicyclic) bond motifs is 1. The highest BCUT2D eigenvalue weighted by atomic mass is 35.5. The summed E-state index contributed by atoms with van der Waals surface area (Å²) in [4.78, 5) is 2.52. The van der Waals surface area contributed by atoms with E-state index in [0.717, 1.165) is 11.3 Å². The first-order valence-corrected chi connectivity index (χ1v) is 13.8. The van der Waals surface area contributed by atoms with Crippen molar-refractivity contribution in [3.8, 4) is 0 Å². The van der Waals surface area contributed by atoms with E-state index in [9.17, 15) is 16.8 Å². The normalized spacial score (nSPS) is 14.0. The number of halogens is 2. The summed E-state index contributed by atoms with van der Waals surface area (Å²) in [5.74, 6) is 0.412. The van der Waals surface area contributed by atoms with Crippen molar-refractivity contribution in [3.05, 3.63) is 57.9 Å². The van der Waals surface area contributed by atoms with Crippen LogP contribution in [-0.2, 0) is 20.0 Å². The van der Waals surface area contributed by atoms with Gasteiger partial charge in [0.25, 0.3) is 10.0 Å². The summed E-state index contributed by atoms with van der Waals surface area (Å²) in [5.41, 5.74) is 1.43. The number of anilines is 3. The first kappa shape index (κ1) is 21.8. The SMILES string of the molecule is NS(=O)(=O)c1ccc2c(c1)SCN2c1cc(Cl)c(Cl)cc1NS(=O)(=O)c1cccs1. The molecule has 1 aromatic heterocycles. The Balaban J connectivity index is 1.79. The molecule has 0 saturated carbocycles. The van der Waals surface area contributed by atoms with Crippen LogP contribution in [0.25, 0.3) is 0 Å². The molecule has 3 N–H and O–H groups in total. The van der Waals surface area contributed by atoms with Crippen molar-refractivity contribution in [1.29, 1.82) is 0 Å². The Hall–Kier alpha value is -1.47. The average Bonchev–Trinajstić information content (AvgIpc) is 3.33. The van der Waals surface area contributed by atoms with E-state index >= 15 is 0 Å². The van der Waals surface area contributed by atoms with Crippen molar-refractivity contribution in [3.63, 3.8) is 0 Å². The number of hydrogen-bond acceptors (Lipinski definition) is 7. The molecule has 1 aliphatic rings. The summed E-state index contributed by atoms with van der Waals surface area (Å²) in [6.07, 6.45) is 0. The Labute approximate surface area is 191 Å². The van der Waals surface area contributed by atoms with Gasteiger partial charge in [-0.25, -0.2) is 22.0 Å². The molecule has 0 spiro atoms. The summed E-state index contributed by atoms with van der Waals surface area (Å²) in [5, 5.41) is 7.33. The average molecular weight is 522 g/mol. The van der Waals surface area contributed by atoms with E-state index in [4.69, 9.17) is 28.3 Å². The molecule has 4 rings (SSSR count). The van der Waals surface area contributed by atoms with E-state index in [1.165, 1.54) is 36.0 Å². The number of thiophene rings is 1. The molecular formula is C17H13Cl2N3O4S4. The van der Waals surface area contributed by atoms with Crippen LogP contribution >= 0.6 is 46.3 Å². The lowest BCUT2D eigenvalue weighted by molar-refractivity contribution is 0.597. The molecule has 0 amide bonds. The fraction of sp³-hybridized carbons (Fsp3) is 0.0588.